The van der Waals surface area contributed by atoms with E-state index in [1.165, 1.54) is 25.9 Å². The van der Waals surface area contributed by atoms with Crippen molar-refractivity contribution in [3.8, 4) is 0 Å². The minimum Gasteiger partial charge on any atom is -0.477 e. The average molecular weight is 477 g/mol. The first kappa shape index (κ1) is 22.9. The first-order valence-corrected chi connectivity index (χ1v) is 11.7. The van der Waals surface area contributed by atoms with Gasteiger partial charge in [-0.15, -0.1) is 0 Å². The highest BCUT2D eigenvalue weighted by atomic mass is 32.2. The number of halogens is 2. The Morgan fingerprint density at radius 2 is 1.73 bits per heavy atom. The normalized spacial score (nSPS) is 15.2. The van der Waals surface area contributed by atoms with Gasteiger partial charge in [-0.2, -0.15) is 4.31 Å². The molecule has 0 amide bonds. The number of aryl methyl sites for hydroxylation is 1. The molecule has 3 aromatic rings. The number of benzene rings is 2. The fourth-order valence-electron chi connectivity index (χ4n) is 4.06. The summed E-state index contributed by atoms with van der Waals surface area (Å²) in [6.45, 7) is 1.91. The van der Waals surface area contributed by atoms with Crippen molar-refractivity contribution < 1.29 is 27.1 Å². The van der Waals surface area contributed by atoms with Gasteiger partial charge in [0.1, 0.15) is 17.1 Å². The molecule has 11 heteroatoms. The third-order valence-electron chi connectivity index (χ3n) is 5.74. The van der Waals surface area contributed by atoms with E-state index < -0.39 is 38.6 Å². The summed E-state index contributed by atoms with van der Waals surface area (Å²) < 4.78 is 58.7. The topological polar surface area (TPSA) is 99.9 Å². The zero-order valence-electron chi connectivity index (χ0n) is 17.7. The first-order chi connectivity index (χ1) is 15.7. The molecule has 1 aliphatic rings. The van der Waals surface area contributed by atoms with Gasteiger partial charge in [-0.05, 0) is 25.1 Å². The quantitative estimate of drug-likeness (QED) is 0.606. The number of hydrogen-bond acceptors (Lipinski definition) is 5. The molecule has 0 atom stereocenters. The molecule has 0 spiro atoms. The molecule has 1 N–H and O–H groups in total. The largest absolute Gasteiger partial charge is 0.477 e. The number of sulfonamides is 1. The van der Waals surface area contributed by atoms with E-state index in [0.717, 1.165) is 12.3 Å². The Hall–Kier alpha value is -3.31. The Balaban J connectivity index is 1.71. The molecule has 0 unspecified atom stereocenters. The second-order valence-electron chi connectivity index (χ2n) is 7.58. The van der Waals surface area contributed by atoms with E-state index in [1.807, 2.05) is 0 Å². The summed E-state index contributed by atoms with van der Waals surface area (Å²) in [6, 6.07) is 8.76. The van der Waals surface area contributed by atoms with Crippen LogP contribution in [-0.4, -0.2) is 54.5 Å². The van der Waals surface area contributed by atoms with Gasteiger partial charge in [-0.3, -0.25) is 4.79 Å². The summed E-state index contributed by atoms with van der Waals surface area (Å²) in [7, 11) is -3.73. The number of carbonyl (C=O) groups is 1. The van der Waals surface area contributed by atoms with Gasteiger partial charge in [-0.1, -0.05) is 18.2 Å². The molecule has 2 aromatic carbocycles. The van der Waals surface area contributed by atoms with Crippen molar-refractivity contribution in [2.45, 2.75) is 18.4 Å². The van der Waals surface area contributed by atoms with Crippen LogP contribution in [0.4, 0.5) is 14.5 Å². The molecule has 0 radical (unpaired) electrons. The number of hydrogen-bond donors (Lipinski definition) is 1. The summed E-state index contributed by atoms with van der Waals surface area (Å²) >= 11 is 0. The lowest BCUT2D eigenvalue weighted by atomic mass is 10.1. The Morgan fingerprint density at radius 3 is 2.30 bits per heavy atom. The minimum absolute atomic E-state index is 0.0205. The molecule has 8 nitrogen and oxygen atoms in total. The van der Waals surface area contributed by atoms with Crippen LogP contribution in [0.5, 0.6) is 0 Å². The number of carboxylic acid groups (broad SMARTS) is 1. The fraction of sp³-hybridized carbons (Fsp3) is 0.273. The highest BCUT2D eigenvalue weighted by Gasteiger charge is 2.31. The molecule has 33 heavy (non-hydrogen) atoms. The van der Waals surface area contributed by atoms with Gasteiger partial charge in [0.25, 0.3) is 0 Å². The molecule has 174 valence electrons. The highest BCUT2D eigenvalue weighted by Crippen LogP contribution is 2.31. The van der Waals surface area contributed by atoms with Crippen LogP contribution in [0.15, 0.2) is 52.3 Å². The zero-order valence-corrected chi connectivity index (χ0v) is 18.5. The van der Waals surface area contributed by atoms with Crippen LogP contribution >= 0.6 is 0 Å². The van der Waals surface area contributed by atoms with Gasteiger partial charge >= 0.3 is 5.97 Å². The maximum Gasteiger partial charge on any atom is 0.341 e. The van der Waals surface area contributed by atoms with Crippen LogP contribution in [0, 0.1) is 11.6 Å². The molecule has 0 bridgehead atoms. The Kier molecular flexibility index (Phi) is 5.93. The number of anilines is 1. The number of nitrogens with zero attached hydrogens (tertiary/aromatic N) is 3. The van der Waals surface area contributed by atoms with Crippen LogP contribution in [0.2, 0.25) is 0 Å². The number of aromatic carboxylic acids is 1. The predicted octanol–water partition coefficient (Wildman–Crippen LogP) is 2.51. The van der Waals surface area contributed by atoms with Gasteiger partial charge in [-0.25, -0.2) is 22.0 Å². The number of fused-ring (bicyclic) bond motifs is 1. The van der Waals surface area contributed by atoms with Crippen molar-refractivity contribution in [2.24, 2.45) is 0 Å². The second kappa shape index (κ2) is 8.56. The summed E-state index contributed by atoms with van der Waals surface area (Å²) in [5.74, 6) is -3.48. The molecule has 1 fully saturated rings. The lowest BCUT2D eigenvalue weighted by Crippen LogP contribution is -2.49. The number of carboxylic acids is 1. The van der Waals surface area contributed by atoms with Crippen molar-refractivity contribution in [2.75, 3.05) is 31.1 Å². The monoisotopic (exact) mass is 477 g/mol. The van der Waals surface area contributed by atoms with Crippen molar-refractivity contribution in [1.82, 2.24) is 8.87 Å². The van der Waals surface area contributed by atoms with Crippen molar-refractivity contribution in [1.29, 1.82) is 0 Å². The molecule has 2 heterocycles. The van der Waals surface area contributed by atoms with Gasteiger partial charge in [0.05, 0.1) is 15.8 Å². The van der Waals surface area contributed by atoms with E-state index in [9.17, 15) is 23.1 Å². The SMILES string of the molecule is CCn1cc(C(=O)O)c(=O)c2cc(F)c(N3CCN(S(=O)(=O)c4ccccc4)CC3)c(F)c21. The summed E-state index contributed by atoms with van der Waals surface area (Å²) in [4.78, 5) is 25.4. The van der Waals surface area contributed by atoms with Crippen LogP contribution in [0.3, 0.4) is 0 Å². The maximum absolute atomic E-state index is 15.6. The predicted molar refractivity (Wildman–Crippen MR) is 118 cm³/mol. The van der Waals surface area contributed by atoms with Gasteiger partial charge in [0.2, 0.25) is 15.5 Å². The third kappa shape index (κ3) is 3.87. The van der Waals surface area contributed by atoms with E-state index in [-0.39, 0.29) is 54.2 Å². The van der Waals surface area contributed by atoms with Crippen LogP contribution < -0.4 is 10.3 Å². The van der Waals surface area contributed by atoms with Crippen molar-refractivity contribution in [3.63, 3.8) is 0 Å². The maximum atomic E-state index is 15.6. The van der Waals surface area contributed by atoms with Crippen molar-refractivity contribution >= 4 is 32.6 Å². The number of aromatic nitrogens is 1. The van der Waals surface area contributed by atoms with Crippen LogP contribution in [0.25, 0.3) is 10.9 Å². The Labute approximate surface area is 188 Å². The molecular weight excluding hydrogens is 456 g/mol. The lowest BCUT2D eigenvalue weighted by molar-refractivity contribution is 0.0694. The first-order valence-electron chi connectivity index (χ1n) is 10.3. The summed E-state index contributed by atoms with van der Waals surface area (Å²) in [6.07, 6.45) is 1.04. The lowest BCUT2D eigenvalue weighted by Gasteiger charge is -2.35. The van der Waals surface area contributed by atoms with Crippen LogP contribution in [-0.2, 0) is 16.6 Å². The molecule has 4 rings (SSSR count). The summed E-state index contributed by atoms with van der Waals surface area (Å²) in [5.41, 5.74) is -2.10. The standard InChI is InChI=1S/C22H21F2N3O5S/c1-2-25-13-16(22(29)30)21(28)15-12-17(23)20(18(24)19(15)25)26-8-10-27(11-9-26)33(31,32)14-6-4-3-5-7-14/h3-7,12-13H,2,8-11H2,1H3,(H,29,30). The number of piperazine rings is 1. The molecule has 0 aliphatic carbocycles. The Morgan fingerprint density at radius 1 is 1.09 bits per heavy atom. The number of rotatable bonds is 5. The highest BCUT2D eigenvalue weighted by molar-refractivity contribution is 7.89. The van der Waals surface area contributed by atoms with E-state index in [4.69, 9.17) is 0 Å². The van der Waals surface area contributed by atoms with Gasteiger partial charge in [0, 0.05) is 38.9 Å². The average Bonchev–Trinajstić information content (AvgIpc) is 2.80. The fourth-order valence-corrected chi connectivity index (χ4v) is 5.51. The molecular formula is C22H21F2N3O5S. The van der Waals surface area contributed by atoms with Crippen molar-refractivity contribution in [3.05, 3.63) is 70.0 Å². The van der Waals surface area contributed by atoms with E-state index in [2.05, 4.69) is 0 Å². The van der Waals surface area contributed by atoms with E-state index >= 15 is 8.78 Å². The zero-order chi connectivity index (χ0) is 23.9. The van der Waals surface area contributed by atoms with E-state index in [1.54, 1.807) is 25.1 Å². The van der Waals surface area contributed by atoms with Gasteiger partial charge < -0.3 is 14.6 Å². The molecule has 1 aromatic heterocycles. The molecule has 1 aliphatic heterocycles. The van der Waals surface area contributed by atoms with Gasteiger partial charge in [0.15, 0.2) is 5.82 Å². The van der Waals surface area contributed by atoms with Crippen LogP contribution in [0.1, 0.15) is 17.3 Å². The third-order valence-corrected chi connectivity index (χ3v) is 7.65. The summed E-state index contributed by atoms with van der Waals surface area (Å²) in [5, 5.41) is 8.89. The van der Waals surface area contributed by atoms with E-state index in [0.29, 0.717) is 0 Å². The Bertz CT molecular complexity index is 1400. The molecule has 1 saturated heterocycles. The molecule has 0 saturated carbocycles. The smallest absolute Gasteiger partial charge is 0.341 e. The minimum atomic E-state index is -3.73. The second-order valence-corrected chi connectivity index (χ2v) is 9.52. The number of pyridine rings is 1.